The molecule has 3 rings (SSSR count). The van der Waals surface area contributed by atoms with Gasteiger partial charge in [-0.25, -0.2) is 8.42 Å². The molecule has 8 nitrogen and oxygen atoms in total. The Labute approximate surface area is 252 Å². The zero-order chi connectivity index (χ0) is 30.3. The van der Waals surface area contributed by atoms with Crippen molar-refractivity contribution in [1.29, 1.82) is 0 Å². The van der Waals surface area contributed by atoms with Gasteiger partial charge in [0.15, 0.2) is 0 Å². The third kappa shape index (κ3) is 7.93. The summed E-state index contributed by atoms with van der Waals surface area (Å²) in [5.74, 6) is -0.436. The number of ether oxygens (including phenoxy) is 1. The van der Waals surface area contributed by atoms with Crippen molar-refractivity contribution in [2.45, 2.75) is 57.6 Å². The van der Waals surface area contributed by atoms with E-state index in [4.69, 9.17) is 27.9 Å². The van der Waals surface area contributed by atoms with Crippen LogP contribution in [0.15, 0.2) is 71.6 Å². The maximum atomic E-state index is 14.1. The van der Waals surface area contributed by atoms with Gasteiger partial charge in [0, 0.05) is 28.2 Å². The molecule has 3 aromatic carbocycles. The molecular weight excluding hydrogens is 585 g/mol. The number of nitrogens with zero attached hydrogens (tertiary/aromatic N) is 2. The summed E-state index contributed by atoms with van der Waals surface area (Å²) in [6.07, 6.45) is 0.277. The van der Waals surface area contributed by atoms with Crippen molar-refractivity contribution in [2.75, 3.05) is 18.0 Å². The summed E-state index contributed by atoms with van der Waals surface area (Å²) >= 11 is 12.9. The highest BCUT2D eigenvalue weighted by molar-refractivity contribution is 7.92. The number of hydrogen-bond donors (Lipinski definition) is 1. The first kappa shape index (κ1) is 32.2. The minimum atomic E-state index is -4.19. The van der Waals surface area contributed by atoms with Crippen LogP contribution >= 0.6 is 23.2 Å². The van der Waals surface area contributed by atoms with Gasteiger partial charge in [0.25, 0.3) is 10.0 Å². The molecule has 0 aliphatic heterocycles. The fraction of sp³-hybridized carbons (Fsp3) is 0.333. The number of methoxy groups -OCH3 is 1. The number of rotatable bonds is 12. The molecule has 1 unspecified atom stereocenters. The van der Waals surface area contributed by atoms with Gasteiger partial charge in [-0.05, 0) is 75.7 Å². The molecule has 2 amide bonds. The van der Waals surface area contributed by atoms with Crippen molar-refractivity contribution >= 4 is 50.7 Å². The van der Waals surface area contributed by atoms with Gasteiger partial charge in [-0.2, -0.15) is 0 Å². The highest BCUT2D eigenvalue weighted by atomic mass is 35.5. The molecule has 11 heteroatoms. The first-order valence-electron chi connectivity index (χ1n) is 13.1. The Morgan fingerprint density at radius 2 is 1.54 bits per heavy atom. The summed E-state index contributed by atoms with van der Waals surface area (Å²) in [7, 11) is -2.68. The lowest BCUT2D eigenvalue weighted by Crippen LogP contribution is -2.53. The Morgan fingerprint density at radius 1 is 0.951 bits per heavy atom. The summed E-state index contributed by atoms with van der Waals surface area (Å²) in [4.78, 5) is 28.7. The van der Waals surface area contributed by atoms with E-state index in [1.807, 2.05) is 20.8 Å². The molecule has 0 aromatic heterocycles. The Hall–Kier alpha value is -3.27. The third-order valence-corrected chi connectivity index (χ3v) is 8.95. The van der Waals surface area contributed by atoms with Gasteiger partial charge < -0.3 is 15.0 Å². The predicted octanol–water partition coefficient (Wildman–Crippen LogP) is 5.84. The summed E-state index contributed by atoms with van der Waals surface area (Å²) in [5, 5.41) is 3.51. The molecule has 1 atom stereocenters. The van der Waals surface area contributed by atoms with Crippen LogP contribution in [0.25, 0.3) is 0 Å². The van der Waals surface area contributed by atoms with Crippen LogP contribution in [0.5, 0.6) is 5.75 Å². The van der Waals surface area contributed by atoms with Gasteiger partial charge in [-0.1, -0.05) is 53.9 Å². The predicted molar refractivity (Wildman–Crippen MR) is 163 cm³/mol. The zero-order valence-corrected chi connectivity index (χ0v) is 26.1. The van der Waals surface area contributed by atoms with Gasteiger partial charge in [0.2, 0.25) is 11.8 Å². The Kier molecular flexibility index (Phi) is 11.1. The van der Waals surface area contributed by atoms with Gasteiger partial charge >= 0.3 is 0 Å². The molecule has 0 aliphatic carbocycles. The summed E-state index contributed by atoms with van der Waals surface area (Å²) in [5.41, 5.74) is 1.60. The van der Waals surface area contributed by atoms with Crippen LogP contribution in [0.1, 0.15) is 38.3 Å². The minimum absolute atomic E-state index is 0.0250. The number of amides is 2. The van der Waals surface area contributed by atoms with E-state index in [1.54, 1.807) is 61.5 Å². The molecule has 0 bridgehead atoms. The van der Waals surface area contributed by atoms with Crippen molar-refractivity contribution in [3.63, 3.8) is 0 Å². The number of benzene rings is 3. The van der Waals surface area contributed by atoms with E-state index in [9.17, 15) is 18.0 Å². The second kappa shape index (κ2) is 14.1. The smallest absolute Gasteiger partial charge is 0.264 e. The molecule has 0 heterocycles. The first-order valence-corrected chi connectivity index (χ1v) is 15.3. The third-order valence-electron chi connectivity index (χ3n) is 6.46. The maximum Gasteiger partial charge on any atom is 0.264 e. The van der Waals surface area contributed by atoms with Gasteiger partial charge in [0.1, 0.15) is 18.3 Å². The standard InChI is InChI=1S/C30H35Cl2N3O5S/c1-6-28(30(37)33-20(2)3)34(18-25-26(31)8-7-9-27(25)32)29(36)19-35(22-12-14-23(40-5)15-13-22)41(38,39)24-16-10-21(4)11-17-24/h7-17,20,28H,6,18-19H2,1-5H3,(H,33,37). The van der Waals surface area contributed by atoms with E-state index in [0.717, 1.165) is 9.87 Å². The average molecular weight is 621 g/mol. The summed E-state index contributed by atoms with van der Waals surface area (Å²) < 4.78 is 34.2. The average Bonchev–Trinajstić information content (AvgIpc) is 2.93. The number of anilines is 1. The molecule has 3 aromatic rings. The number of aryl methyl sites for hydroxylation is 1. The normalized spacial score (nSPS) is 12.1. The van der Waals surface area contributed by atoms with E-state index >= 15 is 0 Å². The lowest BCUT2D eigenvalue weighted by Gasteiger charge is -2.34. The first-order chi connectivity index (χ1) is 19.4. The molecule has 220 valence electrons. The van der Waals surface area contributed by atoms with Crippen molar-refractivity contribution in [3.05, 3.63) is 87.9 Å². The van der Waals surface area contributed by atoms with Crippen molar-refractivity contribution in [2.24, 2.45) is 0 Å². The molecule has 41 heavy (non-hydrogen) atoms. The minimum Gasteiger partial charge on any atom is -0.497 e. The van der Waals surface area contributed by atoms with Gasteiger partial charge in [-0.15, -0.1) is 0 Å². The Morgan fingerprint density at radius 3 is 2.05 bits per heavy atom. The maximum absolute atomic E-state index is 14.1. The molecule has 0 saturated carbocycles. The highest BCUT2D eigenvalue weighted by Gasteiger charge is 2.34. The zero-order valence-electron chi connectivity index (χ0n) is 23.7. The number of halogens is 2. The lowest BCUT2D eigenvalue weighted by atomic mass is 10.1. The Bertz CT molecular complexity index is 1440. The fourth-order valence-electron chi connectivity index (χ4n) is 4.27. The molecule has 1 N–H and O–H groups in total. The highest BCUT2D eigenvalue weighted by Crippen LogP contribution is 2.29. The second-order valence-electron chi connectivity index (χ2n) is 9.83. The van der Waals surface area contributed by atoms with Crippen LogP contribution in [-0.4, -0.2) is 50.9 Å². The number of sulfonamides is 1. The molecule has 0 saturated heterocycles. The van der Waals surface area contributed by atoms with Crippen LogP contribution in [-0.2, 0) is 26.2 Å². The quantitative estimate of drug-likeness (QED) is 0.275. The van der Waals surface area contributed by atoms with E-state index in [0.29, 0.717) is 21.4 Å². The monoisotopic (exact) mass is 619 g/mol. The molecular formula is C30H35Cl2N3O5S. The number of carbonyl (C=O) groups is 2. The van der Waals surface area contributed by atoms with Crippen LogP contribution in [0.4, 0.5) is 5.69 Å². The van der Waals surface area contributed by atoms with Gasteiger partial charge in [-0.3, -0.25) is 13.9 Å². The van der Waals surface area contributed by atoms with E-state index in [2.05, 4.69) is 5.32 Å². The number of hydrogen-bond acceptors (Lipinski definition) is 5. The molecule has 0 radical (unpaired) electrons. The number of nitrogens with one attached hydrogen (secondary N) is 1. The second-order valence-corrected chi connectivity index (χ2v) is 12.5. The van der Waals surface area contributed by atoms with Gasteiger partial charge in [0.05, 0.1) is 17.7 Å². The Balaban J connectivity index is 2.10. The molecule has 0 fully saturated rings. The van der Waals surface area contributed by atoms with Crippen LogP contribution in [0, 0.1) is 6.92 Å². The van der Waals surface area contributed by atoms with Crippen molar-refractivity contribution < 1.29 is 22.7 Å². The largest absolute Gasteiger partial charge is 0.497 e. The fourth-order valence-corrected chi connectivity index (χ4v) is 6.20. The summed E-state index contributed by atoms with van der Waals surface area (Å²) in [6.45, 7) is 6.61. The van der Waals surface area contributed by atoms with Crippen molar-refractivity contribution in [3.8, 4) is 5.75 Å². The van der Waals surface area contributed by atoms with Crippen LogP contribution in [0.2, 0.25) is 10.0 Å². The van der Waals surface area contributed by atoms with E-state index < -0.39 is 28.5 Å². The SMILES string of the molecule is CCC(C(=O)NC(C)C)N(Cc1c(Cl)cccc1Cl)C(=O)CN(c1ccc(OC)cc1)S(=O)(=O)c1ccc(C)cc1. The van der Waals surface area contributed by atoms with Crippen LogP contribution in [0.3, 0.4) is 0 Å². The molecule has 0 aliphatic rings. The lowest BCUT2D eigenvalue weighted by molar-refractivity contribution is -0.140. The summed E-state index contributed by atoms with van der Waals surface area (Å²) in [6, 6.07) is 16.6. The van der Waals surface area contributed by atoms with E-state index in [1.165, 1.54) is 24.1 Å². The molecule has 0 spiro atoms. The number of carbonyl (C=O) groups excluding carboxylic acids is 2. The van der Waals surface area contributed by atoms with Crippen molar-refractivity contribution in [1.82, 2.24) is 10.2 Å². The van der Waals surface area contributed by atoms with E-state index in [-0.39, 0.29) is 35.5 Å². The van der Waals surface area contributed by atoms with Crippen LogP contribution < -0.4 is 14.4 Å². The topological polar surface area (TPSA) is 96.0 Å².